The third-order valence-electron chi connectivity index (χ3n) is 6.02. The van der Waals surface area contributed by atoms with Crippen molar-refractivity contribution in [2.24, 2.45) is 11.8 Å². The van der Waals surface area contributed by atoms with Crippen molar-refractivity contribution in [3.63, 3.8) is 0 Å². The number of hydrogen-bond donors (Lipinski definition) is 3. The molecular formula is C24H27NO5S. The number of hydroxylamine groups is 1. The smallest absolute Gasteiger partial charge is 0.264 e. The summed E-state index contributed by atoms with van der Waals surface area (Å²) in [5.41, 5.74) is 5.36. The number of amides is 1. The van der Waals surface area contributed by atoms with Crippen molar-refractivity contribution >= 4 is 15.7 Å². The zero-order valence-electron chi connectivity index (χ0n) is 17.6. The second-order valence-electron chi connectivity index (χ2n) is 8.27. The molecule has 2 aromatic carbocycles. The number of carbonyl (C=O) groups is 1. The molecule has 3 atom stereocenters. The molecule has 1 fully saturated rings. The van der Waals surface area contributed by atoms with E-state index in [0.717, 1.165) is 34.9 Å². The molecule has 1 saturated carbocycles. The number of benzene rings is 2. The average molecular weight is 442 g/mol. The van der Waals surface area contributed by atoms with E-state index < -0.39 is 20.5 Å². The third kappa shape index (κ3) is 5.34. The number of carbonyl (C=O) groups excluding carboxylic acids is 1. The van der Waals surface area contributed by atoms with Crippen LogP contribution in [0.2, 0.25) is 0 Å². The normalized spacial score (nSPS) is 19.6. The van der Waals surface area contributed by atoms with Crippen LogP contribution in [0.4, 0.5) is 0 Å². The summed E-state index contributed by atoms with van der Waals surface area (Å²) in [7, 11) is -3.71. The molecule has 1 unspecified atom stereocenters. The number of hydrogen-bond acceptors (Lipinski definition) is 5. The van der Waals surface area contributed by atoms with Crippen LogP contribution in [0.5, 0.6) is 0 Å². The third-order valence-corrected chi connectivity index (χ3v) is 8.05. The lowest BCUT2D eigenvalue weighted by atomic mass is 9.97. The fraction of sp³-hybridized carbons (Fsp3) is 0.375. The highest BCUT2D eigenvalue weighted by molar-refractivity contribution is 7.92. The van der Waals surface area contributed by atoms with Gasteiger partial charge >= 0.3 is 0 Å². The first kappa shape index (κ1) is 23.0. The highest BCUT2D eigenvalue weighted by Gasteiger charge is 2.43. The minimum absolute atomic E-state index is 0.0586. The Hall–Kier alpha value is -2.66. The van der Waals surface area contributed by atoms with Gasteiger partial charge in [0.25, 0.3) is 5.91 Å². The maximum atomic E-state index is 12.1. The maximum Gasteiger partial charge on any atom is 0.264 e. The Morgan fingerprint density at radius 3 is 2.19 bits per heavy atom. The van der Waals surface area contributed by atoms with Gasteiger partial charge in [0.2, 0.25) is 0 Å². The van der Waals surface area contributed by atoms with E-state index in [1.54, 1.807) is 0 Å². The predicted octanol–water partition coefficient (Wildman–Crippen LogP) is 2.57. The molecule has 3 rings (SSSR count). The lowest BCUT2D eigenvalue weighted by Gasteiger charge is -2.25. The molecule has 0 aliphatic heterocycles. The second-order valence-corrected chi connectivity index (χ2v) is 10.7. The summed E-state index contributed by atoms with van der Waals surface area (Å²) in [6.07, 6.45) is 2.40. The minimum atomic E-state index is -3.71. The van der Waals surface area contributed by atoms with E-state index in [1.165, 1.54) is 12.4 Å². The molecule has 0 spiro atoms. The van der Waals surface area contributed by atoms with Gasteiger partial charge in [0.15, 0.2) is 9.84 Å². The standard InChI is InChI=1S/C24H27NO5S/c1-24(23(27)25-28,31(2,29)30)14-13-18-5-10-20(11-6-18)19-8-3-17(4-9-19)7-12-21-15-22(21)16-26/h3-6,8-11,21-22,26,28H,13-16H2,1-2H3,(H,25,27)/t21-,22-,24?/m0/s1. The van der Waals surface area contributed by atoms with Crippen molar-refractivity contribution in [1.82, 2.24) is 5.48 Å². The summed E-state index contributed by atoms with van der Waals surface area (Å²) in [6.45, 7) is 1.52. The Morgan fingerprint density at radius 1 is 1.13 bits per heavy atom. The van der Waals surface area contributed by atoms with Crippen LogP contribution in [-0.4, -0.2) is 42.2 Å². The first-order valence-corrected chi connectivity index (χ1v) is 12.0. The topological polar surface area (TPSA) is 104 Å². The summed E-state index contributed by atoms with van der Waals surface area (Å²) in [5.74, 6) is 6.06. The number of aliphatic hydroxyl groups is 1. The summed E-state index contributed by atoms with van der Waals surface area (Å²) < 4.78 is 22.4. The summed E-state index contributed by atoms with van der Waals surface area (Å²) in [6, 6.07) is 15.7. The lowest BCUT2D eigenvalue weighted by molar-refractivity contribution is -0.131. The Labute approximate surface area is 183 Å². The van der Waals surface area contributed by atoms with Crippen molar-refractivity contribution in [1.29, 1.82) is 0 Å². The van der Waals surface area contributed by atoms with Crippen molar-refractivity contribution in [3.05, 3.63) is 59.7 Å². The minimum Gasteiger partial charge on any atom is -0.396 e. The zero-order chi connectivity index (χ0) is 22.6. The van der Waals surface area contributed by atoms with Crippen molar-refractivity contribution in [2.45, 2.75) is 30.9 Å². The Kier molecular flexibility index (Phi) is 6.85. The second kappa shape index (κ2) is 9.23. The van der Waals surface area contributed by atoms with Crippen LogP contribution in [-0.2, 0) is 21.1 Å². The van der Waals surface area contributed by atoms with Crippen molar-refractivity contribution in [3.8, 4) is 23.0 Å². The monoisotopic (exact) mass is 441 g/mol. The molecule has 0 aromatic heterocycles. The molecule has 6 nitrogen and oxygen atoms in total. The van der Waals surface area contributed by atoms with Gasteiger partial charge in [-0.1, -0.05) is 48.2 Å². The van der Waals surface area contributed by atoms with E-state index in [2.05, 4.69) is 11.8 Å². The molecule has 1 aliphatic carbocycles. The highest BCUT2D eigenvalue weighted by atomic mass is 32.2. The first-order chi connectivity index (χ1) is 14.7. The van der Waals surface area contributed by atoms with Gasteiger partial charge in [-0.05, 0) is 60.9 Å². The average Bonchev–Trinajstić information content (AvgIpc) is 3.54. The molecule has 0 bridgehead atoms. The molecule has 0 saturated heterocycles. The van der Waals surface area contributed by atoms with E-state index >= 15 is 0 Å². The molecule has 1 aliphatic rings. The zero-order valence-corrected chi connectivity index (χ0v) is 18.4. The maximum absolute atomic E-state index is 12.1. The number of rotatable bonds is 7. The van der Waals surface area contributed by atoms with Crippen LogP contribution in [0, 0.1) is 23.7 Å². The largest absolute Gasteiger partial charge is 0.396 e. The van der Waals surface area contributed by atoms with E-state index in [4.69, 9.17) is 10.3 Å². The van der Waals surface area contributed by atoms with Crippen molar-refractivity contribution < 1.29 is 23.5 Å². The van der Waals surface area contributed by atoms with Crippen LogP contribution < -0.4 is 5.48 Å². The van der Waals surface area contributed by atoms with E-state index in [0.29, 0.717) is 18.3 Å². The number of aliphatic hydroxyl groups excluding tert-OH is 1. The number of nitrogens with one attached hydrogen (secondary N) is 1. The first-order valence-electron chi connectivity index (χ1n) is 10.1. The van der Waals surface area contributed by atoms with Gasteiger partial charge in [0.05, 0.1) is 0 Å². The molecular weight excluding hydrogens is 414 g/mol. The van der Waals surface area contributed by atoms with Gasteiger partial charge in [-0.15, -0.1) is 0 Å². The Balaban J connectivity index is 1.65. The van der Waals surface area contributed by atoms with E-state index in [-0.39, 0.29) is 13.0 Å². The molecule has 7 heteroatoms. The van der Waals surface area contributed by atoms with E-state index in [1.807, 2.05) is 48.5 Å². The van der Waals surface area contributed by atoms with Crippen molar-refractivity contribution in [2.75, 3.05) is 12.9 Å². The van der Waals surface area contributed by atoms with Crippen LogP contribution >= 0.6 is 0 Å². The molecule has 2 aromatic rings. The van der Waals surface area contributed by atoms with Gasteiger partial charge in [-0.25, -0.2) is 13.9 Å². The van der Waals surface area contributed by atoms with E-state index in [9.17, 15) is 13.2 Å². The SMILES string of the molecule is CC(CCc1ccc(-c2ccc(C#C[C@H]3C[C@H]3CO)cc2)cc1)(C(=O)NO)S(C)(=O)=O. The highest BCUT2D eigenvalue weighted by Crippen LogP contribution is 2.37. The quantitative estimate of drug-likeness (QED) is 0.348. The molecule has 164 valence electrons. The van der Waals surface area contributed by atoms with Crippen LogP contribution in [0.1, 0.15) is 30.9 Å². The fourth-order valence-corrected chi connectivity index (χ4v) is 4.24. The fourth-order valence-electron chi connectivity index (χ4n) is 3.38. The molecule has 3 N–H and O–H groups in total. The van der Waals surface area contributed by atoms with Gasteiger partial charge in [0.1, 0.15) is 4.75 Å². The molecule has 0 heterocycles. The van der Waals surface area contributed by atoms with Crippen LogP contribution in [0.3, 0.4) is 0 Å². The Bertz CT molecular complexity index is 1100. The summed E-state index contributed by atoms with van der Waals surface area (Å²) in [4.78, 5) is 11.9. The van der Waals surface area contributed by atoms with Gasteiger partial charge < -0.3 is 5.11 Å². The van der Waals surface area contributed by atoms with Gasteiger partial charge in [0, 0.05) is 24.3 Å². The molecule has 0 radical (unpaired) electrons. The van der Waals surface area contributed by atoms with Gasteiger partial charge in [-0.2, -0.15) is 0 Å². The number of sulfone groups is 1. The van der Waals surface area contributed by atoms with Crippen LogP contribution in [0.15, 0.2) is 48.5 Å². The Morgan fingerprint density at radius 2 is 1.71 bits per heavy atom. The summed E-state index contributed by atoms with van der Waals surface area (Å²) in [5, 5.41) is 18.0. The van der Waals surface area contributed by atoms with Crippen LogP contribution in [0.25, 0.3) is 11.1 Å². The molecule has 1 amide bonds. The molecule has 31 heavy (non-hydrogen) atoms. The number of aryl methyl sites for hydroxylation is 1. The lowest BCUT2D eigenvalue weighted by Crippen LogP contribution is -2.49. The summed E-state index contributed by atoms with van der Waals surface area (Å²) >= 11 is 0. The van der Waals surface area contributed by atoms with Gasteiger partial charge in [-0.3, -0.25) is 10.0 Å². The predicted molar refractivity (Wildman–Crippen MR) is 119 cm³/mol.